The van der Waals surface area contributed by atoms with Crippen LogP contribution in [0.1, 0.15) is 17.0 Å². The number of halogens is 3. The number of aryl methyl sites for hydroxylation is 1. The SMILES string of the molecule is Cc1nnc2ccc(N3CC4CN(C(=O)Cc5cccc(C(F)(F)F)c5)CC4C3)nn12. The lowest BCUT2D eigenvalue weighted by Gasteiger charge is -2.22. The first kappa shape index (κ1) is 19.8. The molecule has 2 unspecified atom stereocenters. The molecule has 2 aliphatic heterocycles. The van der Waals surface area contributed by atoms with Gasteiger partial charge < -0.3 is 9.80 Å². The molecule has 0 spiro atoms. The van der Waals surface area contributed by atoms with E-state index in [1.54, 1.807) is 15.5 Å². The van der Waals surface area contributed by atoms with E-state index in [4.69, 9.17) is 0 Å². The van der Waals surface area contributed by atoms with Gasteiger partial charge in [-0.15, -0.1) is 15.3 Å². The minimum Gasteiger partial charge on any atom is -0.354 e. The van der Waals surface area contributed by atoms with Crippen LogP contribution in [0.4, 0.5) is 19.0 Å². The second-order valence-electron chi connectivity index (χ2n) is 8.31. The summed E-state index contributed by atoms with van der Waals surface area (Å²) < 4.78 is 40.5. The Morgan fingerprint density at radius 3 is 2.52 bits per heavy atom. The first-order valence-corrected chi connectivity index (χ1v) is 10.2. The van der Waals surface area contributed by atoms with Crippen molar-refractivity contribution in [1.29, 1.82) is 0 Å². The van der Waals surface area contributed by atoms with Crippen LogP contribution in [0.2, 0.25) is 0 Å². The van der Waals surface area contributed by atoms with Crippen LogP contribution in [0.3, 0.4) is 0 Å². The van der Waals surface area contributed by atoms with Crippen LogP contribution in [0.5, 0.6) is 0 Å². The van der Waals surface area contributed by atoms with Crippen molar-refractivity contribution in [2.45, 2.75) is 19.5 Å². The Labute approximate surface area is 176 Å². The Morgan fingerprint density at radius 1 is 1.06 bits per heavy atom. The van der Waals surface area contributed by atoms with E-state index in [1.165, 1.54) is 6.07 Å². The van der Waals surface area contributed by atoms with E-state index >= 15 is 0 Å². The third kappa shape index (κ3) is 3.70. The molecular formula is C21H21F3N6O. The molecule has 2 fully saturated rings. The van der Waals surface area contributed by atoms with Crippen LogP contribution in [-0.2, 0) is 17.4 Å². The molecule has 4 heterocycles. The van der Waals surface area contributed by atoms with E-state index in [1.807, 2.05) is 19.1 Å². The summed E-state index contributed by atoms with van der Waals surface area (Å²) in [5, 5.41) is 12.7. The molecule has 0 saturated carbocycles. The van der Waals surface area contributed by atoms with Gasteiger partial charge in [-0.25, -0.2) is 0 Å². The molecule has 1 amide bonds. The summed E-state index contributed by atoms with van der Waals surface area (Å²) in [5.41, 5.74) is 0.367. The number of amides is 1. The number of rotatable bonds is 3. The fraction of sp³-hybridized carbons (Fsp3) is 0.429. The molecule has 162 valence electrons. The number of carbonyl (C=O) groups excluding carboxylic acids is 1. The number of hydrogen-bond acceptors (Lipinski definition) is 5. The summed E-state index contributed by atoms with van der Waals surface area (Å²) in [5.74, 6) is 2.10. The van der Waals surface area contributed by atoms with Crippen molar-refractivity contribution in [2.24, 2.45) is 11.8 Å². The number of hydrogen-bond donors (Lipinski definition) is 0. The van der Waals surface area contributed by atoms with Gasteiger partial charge in [0.2, 0.25) is 5.91 Å². The van der Waals surface area contributed by atoms with E-state index in [9.17, 15) is 18.0 Å². The van der Waals surface area contributed by atoms with Crippen LogP contribution >= 0.6 is 0 Å². The summed E-state index contributed by atoms with van der Waals surface area (Å²) >= 11 is 0. The largest absolute Gasteiger partial charge is 0.416 e. The van der Waals surface area contributed by atoms with Gasteiger partial charge in [0, 0.05) is 38.0 Å². The van der Waals surface area contributed by atoms with Crippen molar-refractivity contribution >= 4 is 17.4 Å². The maximum atomic E-state index is 12.9. The molecule has 5 rings (SSSR count). The lowest BCUT2D eigenvalue weighted by molar-refractivity contribution is -0.138. The van der Waals surface area contributed by atoms with E-state index in [0.717, 1.165) is 36.9 Å². The zero-order valence-electron chi connectivity index (χ0n) is 16.9. The van der Waals surface area contributed by atoms with Crippen LogP contribution < -0.4 is 4.90 Å². The molecule has 7 nitrogen and oxygen atoms in total. The van der Waals surface area contributed by atoms with Gasteiger partial charge in [-0.2, -0.15) is 17.7 Å². The third-order valence-electron chi connectivity index (χ3n) is 6.18. The highest BCUT2D eigenvalue weighted by molar-refractivity contribution is 5.79. The molecule has 10 heteroatoms. The first-order chi connectivity index (χ1) is 14.8. The number of fused-ring (bicyclic) bond motifs is 2. The van der Waals surface area contributed by atoms with Crippen molar-refractivity contribution in [1.82, 2.24) is 24.7 Å². The maximum absolute atomic E-state index is 12.9. The number of alkyl halides is 3. The molecule has 0 aliphatic carbocycles. The summed E-state index contributed by atoms with van der Waals surface area (Å²) in [6, 6.07) is 8.83. The van der Waals surface area contributed by atoms with Crippen molar-refractivity contribution in [3.05, 3.63) is 53.3 Å². The number of anilines is 1. The van der Waals surface area contributed by atoms with Gasteiger partial charge >= 0.3 is 6.18 Å². The molecule has 2 aliphatic rings. The standard InChI is InChI=1S/C21H21F3N6O/c1-13-25-26-18-5-6-19(27-30(13)18)28-9-15-11-29(12-16(15)10-28)20(31)8-14-3-2-4-17(7-14)21(22,23)24/h2-7,15-16H,8-12H2,1H3. The molecule has 1 aromatic carbocycles. The zero-order chi connectivity index (χ0) is 21.8. The smallest absolute Gasteiger partial charge is 0.354 e. The monoisotopic (exact) mass is 430 g/mol. The molecule has 3 aromatic rings. The second-order valence-corrected chi connectivity index (χ2v) is 8.31. The topological polar surface area (TPSA) is 66.6 Å². The Morgan fingerprint density at radius 2 is 1.81 bits per heavy atom. The van der Waals surface area contributed by atoms with Crippen LogP contribution in [0.15, 0.2) is 36.4 Å². The average Bonchev–Trinajstić information content (AvgIpc) is 3.41. The van der Waals surface area contributed by atoms with Crippen molar-refractivity contribution in [3.8, 4) is 0 Å². The molecule has 2 atom stereocenters. The lowest BCUT2D eigenvalue weighted by Crippen LogP contribution is -2.34. The number of aromatic nitrogens is 4. The van der Waals surface area contributed by atoms with Crippen LogP contribution in [0, 0.1) is 18.8 Å². The fourth-order valence-electron chi connectivity index (χ4n) is 4.58. The van der Waals surface area contributed by atoms with Crippen molar-refractivity contribution in [3.63, 3.8) is 0 Å². The Hall–Kier alpha value is -3.17. The molecular weight excluding hydrogens is 409 g/mol. The number of benzene rings is 1. The summed E-state index contributed by atoms with van der Waals surface area (Å²) in [6.07, 6.45) is -4.42. The van der Waals surface area contributed by atoms with Gasteiger partial charge in [0.1, 0.15) is 5.82 Å². The predicted octanol–water partition coefficient (Wildman–Crippen LogP) is 2.59. The maximum Gasteiger partial charge on any atom is 0.416 e. The summed E-state index contributed by atoms with van der Waals surface area (Å²) in [4.78, 5) is 16.7. The van der Waals surface area contributed by atoms with Gasteiger partial charge in [0.15, 0.2) is 11.5 Å². The summed E-state index contributed by atoms with van der Waals surface area (Å²) in [6.45, 7) is 4.67. The molecule has 0 N–H and O–H groups in total. The van der Waals surface area contributed by atoms with Gasteiger partial charge in [-0.3, -0.25) is 4.79 Å². The molecule has 31 heavy (non-hydrogen) atoms. The minimum atomic E-state index is -4.41. The van der Waals surface area contributed by atoms with E-state index < -0.39 is 11.7 Å². The molecule has 2 aromatic heterocycles. The first-order valence-electron chi connectivity index (χ1n) is 10.2. The minimum absolute atomic E-state index is 0.0157. The summed E-state index contributed by atoms with van der Waals surface area (Å²) in [7, 11) is 0. The van der Waals surface area contributed by atoms with Gasteiger partial charge in [0.25, 0.3) is 0 Å². The number of likely N-dealkylation sites (tertiary alicyclic amines) is 1. The fourth-order valence-corrected chi connectivity index (χ4v) is 4.58. The second kappa shape index (κ2) is 7.21. The predicted molar refractivity (Wildman–Crippen MR) is 106 cm³/mol. The third-order valence-corrected chi connectivity index (χ3v) is 6.18. The van der Waals surface area contributed by atoms with Crippen molar-refractivity contribution in [2.75, 3.05) is 31.1 Å². The highest BCUT2D eigenvalue weighted by Gasteiger charge is 2.42. The van der Waals surface area contributed by atoms with E-state index in [-0.39, 0.29) is 12.3 Å². The zero-order valence-corrected chi connectivity index (χ0v) is 16.9. The Balaban J connectivity index is 1.22. The van der Waals surface area contributed by atoms with E-state index in [0.29, 0.717) is 36.1 Å². The molecule has 2 saturated heterocycles. The average molecular weight is 430 g/mol. The van der Waals surface area contributed by atoms with Crippen LogP contribution in [0.25, 0.3) is 5.65 Å². The van der Waals surface area contributed by atoms with Crippen LogP contribution in [-0.4, -0.2) is 56.8 Å². The molecule has 0 radical (unpaired) electrons. The van der Waals surface area contributed by atoms with Gasteiger partial charge in [-0.1, -0.05) is 18.2 Å². The Bertz CT molecular complexity index is 1130. The quantitative estimate of drug-likeness (QED) is 0.639. The highest BCUT2D eigenvalue weighted by atomic mass is 19.4. The highest BCUT2D eigenvalue weighted by Crippen LogP contribution is 2.34. The Kier molecular flexibility index (Phi) is 4.60. The number of carbonyl (C=O) groups is 1. The van der Waals surface area contributed by atoms with E-state index in [2.05, 4.69) is 20.2 Å². The number of nitrogens with zero attached hydrogens (tertiary/aromatic N) is 6. The van der Waals surface area contributed by atoms with Gasteiger partial charge in [-0.05, 0) is 30.7 Å². The van der Waals surface area contributed by atoms with Gasteiger partial charge in [0.05, 0.1) is 12.0 Å². The molecule has 0 bridgehead atoms. The lowest BCUT2D eigenvalue weighted by atomic mass is 10.0. The normalized spacial score (nSPS) is 21.2. The van der Waals surface area contributed by atoms with Crippen molar-refractivity contribution < 1.29 is 18.0 Å².